The van der Waals surface area contributed by atoms with Crippen LogP contribution in [-0.2, 0) is 5.51 Å². The van der Waals surface area contributed by atoms with Crippen LogP contribution in [0.2, 0.25) is 0 Å². The number of hydrogen-bond acceptors (Lipinski definition) is 3. The summed E-state index contributed by atoms with van der Waals surface area (Å²) in [5.41, 5.74) is -4.16. The summed E-state index contributed by atoms with van der Waals surface area (Å²) in [6.07, 6.45) is 0. The third-order valence-corrected chi connectivity index (χ3v) is 4.81. The molecule has 20 heavy (non-hydrogen) atoms. The molecule has 1 aromatic heterocycles. The molecule has 0 N–H and O–H groups in total. The molecule has 3 nitrogen and oxygen atoms in total. The van der Waals surface area contributed by atoms with Crippen LogP contribution >= 0.6 is 10.5 Å². The highest BCUT2D eigenvalue weighted by molar-refractivity contribution is 7.38. The highest BCUT2D eigenvalue weighted by atomic mass is 127. The number of hydrogen-bond donors (Lipinski definition) is 0. The van der Waals surface area contributed by atoms with Gasteiger partial charge in [0.2, 0.25) is 0 Å². The number of rotatable bonds is 1. The van der Waals surface area contributed by atoms with Crippen molar-refractivity contribution in [2.75, 3.05) is 0 Å². The van der Waals surface area contributed by atoms with E-state index in [-0.39, 0.29) is 5.92 Å². The molecule has 0 saturated heterocycles. The van der Waals surface area contributed by atoms with Gasteiger partial charge in [-0.3, -0.25) is 0 Å². The maximum Gasteiger partial charge on any atom is 0.600 e. The molecule has 0 bridgehead atoms. The third kappa shape index (κ3) is 4.55. The standard InChI is InChI=1S/C12H12F3S.IO3/c1-8(2)11-7-9-5-3-4-6-10(9)16(11)12(13,14)15;2-1(3)4/h3-8H,1-2H3;/q+1;-1. The Kier molecular flexibility index (Phi) is 6.20. The average Bonchev–Trinajstić information content (AvgIpc) is 2.66. The van der Waals surface area contributed by atoms with Crippen molar-refractivity contribution in [1.29, 1.82) is 0 Å². The molecule has 0 aliphatic heterocycles. The molecule has 0 aliphatic rings. The summed E-state index contributed by atoms with van der Waals surface area (Å²) in [7, 11) is -1.73. The van der Waals surface area contributed by atoms with Gasteiger partial charge in [-0.25, -0.2) is 0 Å². The van der Waals surface area contributed by atoms with Crippen LogP contribution < -0.4 is 31.4 Å². The number of alkyl halides is 3. The van der Waals surface area contributed by atoms with Crippen molar-refractivity contribution < 1.29 is 44.5 Å². The van der Waals surface area contributed by atoms with Gasteiger partial charge in [0.1, 0.15) is 0 Å². The fourth-order valence-electron chi connectivity index (χ4n) is 1.79. The smallest absolute Gasteiger partial charge is 0.427 e. The van der Waals surface area contributed by atoms with E-state index in [1.165, 1.54) is 0 Å². The molecule has 8 heteroatoms. The van der Waals surface area contributed by atoms with Crippen LogP contribution in [0.25, 0.3) is 10.1 Å². The first-order valence-corrected chi connectivity index (χ1v) is 9.36. The molecule has 2 rings (SSSR count). The van der Waals surface area contributed by atoms with Gasteiger partial charge < -0.3 is 10.3 Å². The van der Waals surface area contributed by atoms with E-state index in [1.807, 2.05) is 13.8 Å². The molecule has 0 spiro atoms. The lowest BCUT2D eigenvalue weighted by atomic mass is 10.1. The molecule has 112 valence electrons. The van der Waals surface area contributed by atoms with E-state index < -0.39 is 37.0 Å². The zero-order chi connectivity index (χ0) is 15.5. The van der Waals surface area contributed by atoms with Gasteiger partial charge in [0.05, 0.1) is 10.5 Å². The fraction of sp³-hybridized carbons (Fsp3) is 0.333. The first-order chi connectivity index (χ1) is 9.14. The van der Waals surface area contributed by atoms with Crippen LogP contribution in [0.15, 0.2) is 30.3 Å². The van der Waals surface area contributed by atoms with Crippen molar-refractivity contribution >= 4 is 20.6 Å². The second-order valence-electron chi connectivity index (χ2n) is 4.18. The minimum Gasteiger partial charge on any atom is -0.427 e. The van der Waals surface area contributed by atoms with Gasteiger partial charge in [0.15, 0.2) is 9.58 Å². The maximum absolute atomic E-state index is 13.0. The molecule has 1 heterocycles. The molecule has 1 atom stereocenters. The second-order valence-corrected chi connectivity index (χ2v) is 7.25. The molecule has 0 radical (unpaired) electrons. The molecular weight excluding hydrogens is 408 g/mol. The highest BCUT2D eigenvalue weighted by Gasteiger charge is 2.48. The van der Waals surface area contributed by atoms with E-state index in [1.54, 1.807) is 30.3 Å². The second kappa shape index (κ2) is 7.03. The van der Waals surface area contributed by atoms with Crippen molar-refractivity contribution in [3.05, 3.63) is 35.2 Å². The quantitative estimate of drug-likeness (QED) is 0.422. The van der Waals surface area contributed by atoms with Crippen LogP contribution in [0.1, 0.15) is 24.6 Å². The Morgan fingerprint density at radius 3 is 2.05 bits per heavy atom. The van der Waals surface area contributed by atoms with Crippen molar-refractivity contribution in [3.8, 4) is 0 Å². The van der Waals surface area contributed by atoms with Crippen LogP contribution in [0, 0.1) is 0 Å². The fourth-order valence-corrected chi connectivity index (χ4v) is 3.85. The van der Waals surface area contributed by atoms with Crippen molar-refractivity contribution in [3.63, 3.8) is 0 Å². The Morgan fingerprint density at radius 2 is 1.60 bits per heavy atom. The summed E-state index contributed by atoms with van der Waals surface area (Å²) in [5.74, 6) is -0.0719. The number of fused-ring (bicyclic) bond motifs is 1. The molecular formula is C12H12F3IO3S. The molecule has 2 aromatic rings. The van der Waals surface area contributed by atoms with Crippen molar-refractivity contribution in [2.24, 2.45) is 0 Å². The normalized spacial score (nSPS) is 12.8. The van der Waals surface area contributed by atoms with E-state index in [0.717, 1.165) is 0 Å². The van der Waals surface area contributed by atoms with Gasteiger partial charge in [-0.15, -0.1) is 13.2 Å². The zero-order valence-electron chi connectivity index (χ0n) is 10.6. The van der Waals surface area contributed by atoms with E-state index >= 15 is 0 Å². The van der Waals surface area contributed by atoms with Gasteiger partial charge in [-0.1, -0.05) is 26.0 Å². The van der Waals surface area contributed by atoms with Gasteiger partial charge in [-0.05, 0) is 12.1 Å². The minimum atomic E-state index is -4.16. The van der Waals surface area contributed by atoms with Gasteiger partial charge in [0.25, 0.3) is 21.1 Å². The Morgan fingerprint density at radius 1 is 1.10 bits per heavy atom. The topological polar surface area (TPSA) is 69.2 Å². The number of halogens is 4. The summed E-state index contributed by atoms with van der Waals surface area (Å²) < 4.78 is 65.2. The van der Waals surface area contributed by atoms with Crippen molar-refractivity contribution in [1.82, 2.24) is 0 Å². The molecule has 0 saturated carbocycles. The SMILES string of the molecule is CC(C)c1cc2ccccc2[s+]1C(F)(F)F.[O-][I+2]([O-])[O-]. The van der Waals surface area contributed by atoms with E-state index in [9.17, 15) is 13.2 Å². The number of benzene rings is 1. The van der Waals surface area contributed by atoms with Crippen LogP contribution in [0.3, 0.4) is 0 Å². The van der Waals surface area contributed by atoms with Gasteiger partial charge in [-0.2, -0.15) is 0 Å². The van der Waals surface area contributed by atoms with Crippen LogP contribution in [0.5, 0.6) is 0 Å². The summed E-state index contributed by atoms with van der Waals surface area (Å²) >= 11 is -4.01. The Labute approximate surface area is 125 Å². The van der Waals surface area contributed by atoms with Crippen LogP contribution in [-0.4, -0.2) is 0 Å². The molecule has 0 amide bonds. The monoisotopic (exact) mass is 420 g/mol. The average molecular weight is 420 g/mol. The summed E-state index contributed by atoms with van der Waals surface area (Å²) in [4.78, 5) is 0.494. The van der Waals surface area contributed by atoms with Gasteiger partial charge in [0, 0.05) is 17.4 Å². The lowest BCUT2D eigenvalue weighted by molar-refractivity contribution is -1.73. The van der Waals surface area contributed by atoms with E-state index in [2.05, 4.69) is 0 Å². The predicted molar refractivity (Wildman–Crippen MR) is 61.8 cm³/mol. The summed E-state index contributed by atoms with van der Waals surface area (Å²) in [6, 6.07) is 8.46. The molecule has 1 unspecified atom stereocenters. The Bertz CT molecular complexity index is 564. The molecule has 1 aromatic carbocycles. The van der Waals surface area contributed by atoms with Crippen LogP contribution in [0.4, 0.5) is 13.2 Å². The number of thiophene rings is 1. The Balaban J connectivity index is 0.000000444. The first kappa shape index (κ1) is 17.6. The highest BCUT2D eigenvalue weighted by Crippen LogP contribution is 2.52. The predicted octanol–water partition coefficient (Wildman–Crippen LogP) is -1.37. The van der Waals surface area contributed by atoms with E-state index in [4.69, 9.17) is 10.3 Å². The maximum atomic E-state index is 13.0. The lowest BCUT2D eigenvalue weighted by Gasteiger charge is -2.01. The minimum absolute atomic E-state index is 0.0719. The summed E-state index contributed by atoms with van der Waals surface area (Å²) in [5, 5.41) is 0.715. The Hall–Kier alpha value is -0.420. The van der Waals surface area contributed by atoms with Gasteiger partial charge >= 0.3 is 5.51 Å². The van der Waals surface area contributed by atoms with Crippen molar-refractivity contribution in [2.45, 2.75) is 25.3 Å². The first-order valence-electron chi connectivity index (χ1n) is 5.49. The largest absolute Gasteiger partial charge is 0.600 e. The lowest BCUT2D eigenvalue weighted by Crippen LogP contribution is -4.05. The molecule has 0 fully saturated rings. The zero-order valence-corrected chi connectivity index (χ0v) is 13.6. The molecule has 0 aliphatic carbocycles. The third-order valence-electron chi connectivity index (χ3n) is 2.47. The summed E-state index contributed by atoms with van der Waals surface area (Å²) in [6.45, 7) is 3.62. The van der Waals surface area contributed by atoms with E-state index in [0.29, 0.717) is 15.0 Å².